The highest BCUT2D eigenvalue weighted by atomic mass is 32.1. The second-order valence-corrected chi connectivity index (χ2v) is 7.70. The summed E-state index contributed by atoms with van der Waals surface area (Å²) in [6.45, 7) is 8.03. The predicted octanol–water partition coefficient (Wildman–Crippen LogP) is 4.81. The molecule has 0 atom stereocenters. The normalized spacial score (nSPS) is 10.5. The van der Waals surface area contributed by atoms with Gasteiger partial charge in [0.1, 0.15) is 11.4 Å². The minimum absolute atomic E-state index is 0.252. The lowest BCUT2D eigenvalue weighted by molar-refractivity contribution is 0.101. The molecule has 31 heavy (non-hydrogen) atoms. The van der Waals surface area contributed by atoms with Crippen LogP contribution >= 0.6 is 11.3 Å². The number of hydrogen-bond donors (Lipinski definition) is 2. The van der Waals surface area contributed by atoms with Crippen LogP contribution in [0.3, 0.4) is 0 Å². The molecule has 2 aromatic carbocycles. The van der Waals surface area contributed by atoms with Crippen LogP contribution in [0.2, 0.25) is 0 Å². The number of nitrogens with zero attached hydrogens (tertiary/aromatic N) is 2. The average molecular weight is 439 g/mol. The highest BCUT2D eigenvalue weighted by Crippen LogP contribution is 2.24. The van der Waals surface area contributed by atoms with E-state index >= 15 is 0 Å². The monoisotopic (exact) mass is 438 g/mol. The fourth-order valence-electron chi connectivity index (χ4n) is 3.11. The van der Waals surface area contributed by atoms with Crippen molar-refractivity contribution in [3.63, 3.8) is 0 Å². The number of aromatic nitrogens is 1. The maximum absolute atomic E-state index is 12.6. The number of carbonyl (C=O) groups is 2. The molecular formula is C23H26N4O3S. The van der Waals surface area contributed by atoms with E-state index in [0.29, 0.717) is 16.4 Å². The van der Waals surface area contributed by atoms with Gasteiger partial charge in [-0.2, -0.15) is 0 Å². The van der Waals surface area contributed by atoms with E-state index in [9.17, 15) is 9.59 Å². The minimum Gasteiger partial charge on any atom is -0.497 e. The second-order valence-electron chi connectivity index (χ2n) is 6.85. The van der Waals surface area contributed by atoms with E-state index in [1.807, 2.05) is 19.1 Å². The van der Waals surface area contributed by atoms with Crippen LogP contribution in [0.15, 0.2) is 47.8 Å². The molecule has 0 fully saturated rings. The number of hydrogen-bond acceptors (Lipinski definition) is 6. The third-order valence-corrected chi connectivity index (χ3v) is 5.65. The summed E-state index contributed by atoms with van der Waals surface area (Å²) in [5.41, 5.74) is 3.56. The quantitative estimate of drug-likeness (QED) is 0.527. The predicted molar refractivity (Wildman–Crippen MR) is 126 cm³/mol. The molecule has 162 valence electrons. The molecule has 7 nitrogen and oxygen atoms in total. The van der Waals surface area contributed by atoms with Crippen LogP contribution in [-0.4, -0.2) is 37.0 Å². The van der Waals surface area contributed by atoms with Crippen molar-refractivity contribution in [1.82, 2.24) is 4.98 Å². The van der Waals surface area contributed by atoms with Crippen LogP contribution in [0.25, 0.3) is 0 Å². The lowest BCUT2D eigenvalue weighted by Gasteiger charge is -2.22. The zero-order valence-electron chi connectivity index (χ0n) is 18.1. The molecule has 8 heteroatoms. The first-order valence-corrected chi connectivity index (χ1v) is 10.9. The Balaban J connectivity index is 1.65. The number of anilines is 3. The number of aryl methyl sites for hydroxylation is 1. The molecule has 2 N–H and O–H groups in total. The summed E-state index contributed by atoms with van der Waals surface area (Å²) in [6.07, 6.45) is 0. The molecule has 3 aromatic rings. The molecule has 1 heterocycles. The van der Waals surface area contributed by atoms with Crippen LogP contribution in [0, 0.1) is 6.92 Å². The highest BCUT2D eigenvalue weighted by molar-refractivity contribution is 7.14. The van der Waals surface area contributed by atoms with Gasteiger partial charge >= 0.3 is 0 Å². The first-order valence-electron chi connectivity index (χ1n) is 10.0. The van der Waals surface area contributed by atoms with Crippen molar-refractivity contribution in [2.24, 2.45) is 0 Å². The van der Waals surface area contributed by atoms with Crippen molar-refractivity contribution < 1.29 is 14.3 Å². The van der Waals surface area contributed by atoms with Crippen molar-refractivity contribution in [3.8, 4) is 5.75 Å². The van der Waals surface area contributed by atoms with E-state index in [1.165, 1.54) is 11.3 Å². The molecule has 0 saturated carbocycles. The summed E-state index contributed by atoms with van der Waals surface area (Å²) >= 11 is 1.20. The van der Waals surface area contributed by atoms with Crippen LogP contribution < -0.4 is 20.3 Å². The molecule has 0 radical (unpaired) electrons. The fraction of sp³-hybridized carbons (Fsp3) is 0.261. The Morgan fingerprint density at radius 3 is 2.35 bits per heavy atom. The molecule has 0 bridgehead atoms. The molecule has 0 spiro atoms. The van der Waals surface area contributed by atoms with E-state index in [4.69, 9.17) is 4.74 Å². The molecule has 0 aliphatic rings. The van der Waals surface area contributed by atoms with E-state index in [1.54, 1.807) is 36.8 Å². The third-order valence-electron chi connectivity index (χ3n) is 4.90. The summed E-state index contributed by atoms with van der Waals surface area (Å²) < 4.78 is 5.09. The molecule has 2 amide bonds. The fourth-order valence-corrected chi connectivity index (χ4v) is 3.79. The van der Waals surface area contributed by atoms with Gasteiger partial charge in [-0.05, 0) is 68.8 Å². The second kappa shape index (κ2) is 10.1. The van der Waals surface area contributed by atoms with E-state index < -0.39 is 0 Å². The SMILES string of the molecule is CCN(CC)c1ccc(NC(=O)c2csc(NC(=O)c3ccc(OC)cc3)n2)c(C)c1. The summed E-state index contributed by atoms with van der Waals surface area (Å²) in [4.78, 5) is 31.5. The van der Waals surface area contributed by atoms with Crippen molar-refractivity contribution in [3.05, 3.63) is 64.7 Å². The van der Waals surface area contributed by atoms with Gasteiger partial charge in [-0.3, -0.25) is 14.9 Å². The molecule has 0 unspecified atom stereocenters. The number of methoxy groups -OCH3 is 1. The number of amides is 2. The average Bonchev–Trinajstić information content (AvgIpc) is 3.25. The lowest BCUT2D eigenvalue weighted by atomic mass is 10.1. The molecule has 1 aromatic heterocycles. The van der Waals surface area contributed by atoms with Gasteiger partial charge in [0.15, 0.2) is 5.13 Å². The number of nitrogens with one attached hydrogen (secondary N) is 2. The Morgan fingerprint density at radius 2 is 1.74 bits per heavy atom. The van der Waals surface area contributed by atoms with Gasteiger partial charge in [0, 0.05) is 35.4 Å². The number of carbonyl (C=O) groups excluding carboxylic acids is 2. The molecule has 0 saturated heterocycles. The first kappa shape index (κ1) is 22.3. The Bertz CT molecular complexity index is 1060. The standard InChI is InChI=1S/C23H26N4O3S/c1-5-27(6-2)17-9-12-19(15(3)13-17)24-22(29)20-14-31-23(25-20)26-21(28)16-7-10-18(30-4)11-8-16/h7-14H,5-6H2,1-4H3,(H,24,29)(H,25,26,28). The number of ether oxygens (including phenoxy) is 1. The Hall–Kier alpha value is -3.39. The zero-order valence-corrected chi connectivity index (χ0v) is 18.9. The third kappa shape index (κ3) is 5.40. The van der Waals surface area contributed by atoms with Gasteiger partial charge in [-0.15, -0.1) is 11.3 Å². The van der Waals surface area contributed by atoms with E-state index in [2.05, 4.69) is 40.4 Å². The van der Waals surface area contributed by atoms with Gasteiger partial charge in [-0.1, -0.05) is 0 Å². The van der Waals surface area contributed by atoms with Gasteiger partial charge in [0.25, 0.3) is 11.8 Å². The lowest BCUT2D eigenvalue weighted by Crippen LogP contribution is -2.22. The van der Waals surface area contributed by atoms with E-state index in [-0.39, 0.29) is 17.5 Å². The highest BCUT2D eigenvalue weighted by Gasteiger charge is 2.15. The number of thiazole rings is 1. The molecule has 0 aliphatic carbocycles. The van der Waals surface area contributed by atoms with Gasteiger partial charge in [0.2, 0.25) is 0 Å². The van der Waals surface area contributed by atoms with Crippen LogP contribution in [-0.2, 0) is 0 Å². The van der Waals surface area contributed by atoms with E-state index in [0.717, 1.165) is 30.0 Å². The summed E-state index contributed by atoms with van der Waals surface area (Å²) in [5.74, 6) is 0.0526. The molecule has 0 aliphatic heterocycles. The number of benzene rings is 2. The van der Waals surface area contributed by atoms with Crippen molar-refractivity contribution in [1.29, 1.82) is 0 Å². The maximum atomic E-state index is 12.6. The smallest absolute Gasteiger partial charge is 0.275 e. The van der Waals surface area contributed by atoms with Gasteiger partial charge < -0.3 is 15.0 Å². The molecule has 3 rings (SSSR count). The summed E-state index contributed by atoms with van der Waals surface area (Å²) in [6, 6.07) is 12.7. The summed E-state index contributed by atoms with van der Waals surface area (Å²) in [5, 5.41) is 7.61. The summed E-state index contributed by atoms with van der Waals surface area (Å²) in [7, 11) is 1.57. The van der Waals surface area contributed by atoms with Crippen LogP contribution in [0.1, 0.15) is 40.3 Å². The minimum atomic E-state index is -0.320. The van der Waals surface area contributed by atoms with Crippen LogP contribution in [0.4, 0.5) is 16.5 Å². The maximum Gasteiger partial charge on any atom is 0.275 e. The van der Waals surface area contributed by atoms with Gasteiger partial charge in [-0.25, -0.2) is 4.98 Å². The van der Waals surface area contributed by atoms with Crippen molar-refractivity contribution in [2.45, 2.75) is 20.8 Å². The van der Waals surface area contributed by atoms with Crippen LogP contribution in [0.5, 0.6) is 5.75 Å². The molecular weight excluding hydrogens is 412 g/mol. The largest absolute Gasteiger partial charge is 0.497 e. The van der Waals surface area contributed by atoms with Crippen molar-refractivity contribution in [2.75, 3.05) is 35.7 Å². The zero-order chi connectivity index (χ0) is 22.4. The number of rotatable bonds is 8. The topological polar surface area (TPSA) is 83.6 Å². The Morgan fingerprint density at radius 1 is 1.03 bits per heavy atom. The van der Waals surface area contributed by atoms with Crippen molar-refractivity contribution >= 4 is 39.7 Å². The first-order chi connectivity index (χ1) is 14.9. The Labute approximate surface area is 186 Å². The Kier molecular flexibility index (Phi) is 7.25. The van der Waals surface area contributed by atoms with Gasteiger partial charge in [0.05, 0.1) is 7.11 Å².